The summed E-state index contributed by atoms with van der Waals surface area (Å²) >= 11 is 0. The number of aromatic nitrogens is 1. The van der Waals surface area contributed by atoms with E-state index in [1.165, 1.54) is 0 Å². The topological polar surface area (TPSA) is 31.2 Å². The highest BCUT2D eigenvalue weighted by Gasteiger charge is 2.31. The third kappa shape index (κ3) is 5.26. The predicted octanol–water partition coefficient (Wildman–Crippen LogP) is 10.6. The molecule has 230 valence electrons. The zero-order chi connectivity index (χ0) is 32.5. The Bertz CT molecular complexity index is 2340. The van der Waals surface area contributed by atoms with Gasteiger partial charge in [-0.15, -0.1) is 0 Å². The first-order valence-corrected chi connectivity index (χ1v) is 16.3. The van der Waals surface area contributed by atoms with Crippen molar-refractivity contribution in [1.82, 2.24) is 4.57 Å². The zero-order valence-electron chi connectivity index (χ0n) is 26.6. The Balaban J connectivity index is 1.54. The number of para-hydroxylation sites is 1. The number of hydrogen-bond acceptors (Lipinski definition) is 2. The predicted molar refractivity (Wildman–Crippen MR) is 197 cm³/mol. The summed E-state index contributed by atoms with van der Waals surface area (Å²) < 4.78 is 8.23. The first-order valence-electron chi connectivity index (χ1n) is 16.3. The van der Waals surface area contributed by atoms with E-state index in [1.54, 1.807) is 0 Å². The summed E-state index contributed by atoms with van der Waals surface area (Å²) in [4.78, 5) is 15.2. The number of aryl methyl sites for hydroxylation is 1. The number of pyridine rings is 1. The molecule has 3 heteroatoms. The molecule has 0 unspecified atom stereocenters. The van der Waals surface area contributed by atoms with Gasteiger partial charge in [0.15, 0.2) is 0 Å². The zero-order valence-corrected chi connectivity index (χ0v) is 26.6. The Morgan fingerprint density at radius 1 is 0.646 bits per heavy atom. The number of benzene rings is 6. The molecule has 1 aromatic heterocycles. The summed E-state index contributed by atoms with van der Waals surface area (Å²) in [7, 11) is 0. The molecule has 0 aliphatic carbocycles. The van der Waals surface area contributed by atoms with Crippen molar-refractivity contribution in [2.45, 2.75) is 13.5 Å². The minimum Gasteiger partial charge on any atom is -0.488 e. The van der Waals surface area contributed by atoms with Crippen LogP contribution in [0.2, 0.25) is 0 Å². The Morgan fingerprint density at radius 2 is 1.25 bits per heavy atom. The molecule has 6 aromatic carbocycles. The maximum Gasteiger partial charge on any atom is 0.262 e. The second kappa shape index (κ2) is 12.5. The lowest BCUT2D eigenvalue weighted by atomic mass is 9.86. The fraction of sp³-hybridized carbons (Fsp3) is 0.0444. The van der Waals surface area contributed by atoms with Crippen LogP contribution in [-0.4, -0.2) is 4.57 Å². The van der Waals surface area contributed by atoms with Gasteiger partial charge in [0.2, 0.25) is 0 Å². The average molecular weight is 620 g/mol. The molecule has 0 bridgehead atoms. The van der Waals surface area contributed by atoms with Gasteiger partial charge in [0, 0.05) is 22.3 Å². The van der Waals surface area contributed by atoms with Crippen LogP contribution in [0.5, 0.6) is 5.75 Å². The van der Waals surface area contributed by atoms with Gasteiger partial charge in [-0.2, -0.15) is 0 Å². The maximum atomic E-state index is 15.2. The van der Waals surface area contributed by atoms with E-state index < -0.39 is 0 Å². The second-order valence-electron chi connectivity index (χ2n) is 12.1. The van der Waals surface area contributed by atoms with Crippen molar-refractivity contribution in [1.29, 1.82) is 0 Å². The van der Waals surface area contributed by atoms with Crippen LogP contribution in [-0.2, 0) is 6.61 Å². The smallest absolute Gasteiger partial charge is 0.262 e. The molecule has 1 aliphatic rings. The minimum absolute atomic E-state index is 0.0861. The SMILES string of the molecule is Cc1ccc(/C(=C/c2ccccc2)c2ccccc2)c(-n2c(-c3ccccc3)c(-c3ccccc3)c3c(c2=O)COc2ccccc2-3)c1. The van der Waals surface area contributed by atoms with E-state index in [0.717, 1.165) is 72.8 Å². The molecule has 0 amide bonds. The van der Waals surface area contributed by atoms with Crippen LogP contribution in [0.1, 0.15) is 27.8 Å². The van der Waals surface area contributed by atoms with Gasteiger partial charge in [-0.1, -0.05) is 152 Å². The van der Waals surface area contributed by atoms with E-state index in [0.29, 0.717) is 5.56 Å². The molecule has 7 aromatic rings. The molecule has 1 aliphatic heterocycles. The van der Waals surface area contributed by atoms with Crippen LogP contribution in [0, 0.1) is 6.92 Å². The summed E-state index contributed by atoms with van der Waals surface area (Å²) in [5.74, 6) is 0.784. The summed E-state index contributed by atoms with van der Waals surface area (Å²) in [6, 6.07) is 56.0. The molecule has 0 N–H and O–H groups in total. The van der Waals surface area contributed by atoms with E-state index in [-0.39, 0.29) is 12.2 Å². The summed E-state index contributed by atoms with van der Waals surface area (Å²) in [5.41, 5.74) is 12.3. The lowest BCUT2D eigenvalue weighted by Crippen LogP contribution is -2.29. The summed E-state index contributed by atoms with van der Waals surface area (Å²) in [6.07, 6.45) is 2.21. The molecular formula is C45H33NO2. The van der Waals surface area contributed by atoms with Crippen molar-refractivity contribution in [3.8, 4) is 44.9 Å². The van der Waals surface area contributed by atoms with Crippen molar-refractivity contribution in [2.24, 2.45) is 0 Å². The highest BCUT2D eigenvalue weighted by molar-refractivity contribution is 5.99. The number of rotatable bonds is 6. The third-order valence-corrected chi connectivity index (χ3v) is 8.99. The quantitative estimate of drug-likeness (QED) is 0.173. The number of hydrogen-bond donors (Lipinski definition) is 0. The van der Waals surface area contributed by atoms with Gasteiger partial charge in [-0.05, 0) is 58.5 Å². The van der Waals surface area contributed by atoms with Crippen LogP contribution in [0.25, 0.3) is 50.8 Å². The first-order chi connectivity index (χ1) is 23.7. The van der Waals surface area contributed by atoms with Crippen LogP contribution >= 0.6 is 0 Å². The van der Waals surface area contributed by atoms with E-state index in [9.17, 15) is 0 Å². The van der Waals surface area contributed by atoms with Gasteiger partial charge in [0.1, 0.15) is 12.4 Å². The molecule has 2 heterocycles. The molecule has 48 heavy (non-hydrogen) atoms. The van der Waals surface area contributed by atoms with Gasteiger partial charge in [0.25, 0.3) is 5.56 Å². The Labute approximate surface area is 280 Å². The molecule has 0 fully saturated rings. The molecule has 0 spiro atoms. The van der Waals surface area contributed by atoms with E-state index in [2.05, 4.69) is 122 Å². The highest BCUT2D eigenvalue weighted by Crippen LogP contribution is 2.47. The van der Waals surface area contributed by atoms with E-state index in [1.807, 2.05) is 59.2 Å². The van der Waals surface area contributed by atoms with Crippen molar-refractivity contribution in [3.63, 3.8) is 0 Å². The second-order valence-corrected chi connectivity index (χ2v) is 12.1. The van der Waals surface area contributed by atoms with Gasteiger partial charge < -0.3 is 4.74 Å². The minimum atomic E-state index is -0.0861. The maximum absolute atomic E-state index is 15.2. The molecule has 3 nitrogen and oxygen atoms in total. The van der Waals surface area contributed by atoms with Gasteiger partial charge >= 0.3 is 0 Å². The summed E-state index contributed by atoms with van der Waals surface area (Å²) in [6.45, 7) is 2.27. The lowest BCUT2D eigenvalue weighted by molar-refractivity contribution is 0.300. The fourth-order valence-electron chi connectivity index (χ4n) is 6.79. The van der Waals surface area contributed by atoms with Crippen molar-refractivity contribution >= 4 is 11.6 Å². The van der Waals surface area contributed by atoms with E-state index in [4.69, 9.17) is 4.74 Å². The first kappa shape index (κ1) is 29.2. The molecule has 0 saturated heterocycles. The van der Waals surface area contributed by atoms with Gasteiger partial charge in [-0.3, -0.25) is 9.36 Å². The van der Waals surface area contributed by atoms with Crippen molar-refractivity contribution < 1.29 is 4.74 Å². The third-order valence-electron chi connectivity index (χ3n) is 8.99. The Hall–Kier alpha value is -6.19. The van der Waals surface area contributed by atoms with E-state index >= 15 is 4.79 Å². The van der Waals surface area contributed by atoms with Crippen molar-refractivity contribution in [3.05, 3.63) is 202 Å². The largest absolute Gasteiger partial charge is 0.488 e. The average Bonchev–Trinajstić information content (AvgIpc) is 3.15. The van der Waals surface area contributed by atoms with Gasteiger partial charge in [-0.25, -0.2) is 0 Å². The number of ether oxygens (including phenoxy) is 1. The Kier molecular flexibility index (Phi) is 7.64. The van der Waals surface area contributed by atoms with Crippen LogP contribution < -0.4 is 10.3 Å². The molecule has 0 radical (unpaired) electrons. The van der Waals surface area contributed by atoms with Crippen LogP contribution in [0.4, 0.5) is 0 Å². The van der Waals surface area contributed by atoms with Crippen LogP contribution in [0.15, 0.2) is 169 Å². The van der Waals surface area contributed by atoms with Crippen molar-refractivity contribution in [2.75, 3.05) is 0 Å². The molecule has 0 saturated carbocycles. The van der Waals surface area contributed by atoms with Crippen LogP contribution in [0.3, 0.4) is 0 Å². The molecular weight excluding hydrogens is 587 g/mol. The van der Waals surface area contributed by atoms with Gasteiger partial charge in [0.05, 0.1) is 16.9 Å². The highest BCUT2D eigenvalue weighted by atomic mass is 16.5. The fourth-order valence-corrected chi connectivity index (χ4v) is 6.79. The number of fused-ring (bicyclic) bond motifs is 3. The standard InChI is InChI=1S/C45H33NO2/c1-31-26-27-36(38(33-18-8-3-9-19-33)29-32-16-6-2-7-17-32)40(28-31)46-44(35-22-12-5-13-23-35)42(34-20-10-4-11-21-34)43-37-24-14-15-25-41(37)48-30-39(43)45(46)47/h2-29H,30H2,1H3/b38-29+. The normalized spacial score (nSPS) is 12.1. The monoisotopic (exact) mass is 619 g/mol. The molecule has 0 atom stereocenters. The lowest BCUT2D eigenvalue weighted by Gasteiger charge is -2.29. The number of nitrogens with zero attached hydrogens (tertiary/aromatic N) is 1. The molecule has 8 rings (SSSR count). The summed E-state index contributed by atoms with van der Waals surface area (Å²) in [5, 5.41) is 0. The Morgan fingerprint density at radius 3 is 1.96 bits per heavy atom.